The van der Waals surface area contributed by atoms with E-state index in [1.54, 1.807) is 4.90 Å². The minimum atomic E-state index is -2.94. The smallest absolute Gasteiger partial charge is 0.410 e. The SMILES string of the molecule is CC(C)(C)OC(=O)N(CCc1cn(C(c2ccccc2)(c2ccccc2)c2ccccc2)cn1)[C@H]1CCN(c2cccc3ccc(O[Si](c4ccccc4)(c4ccccc4)C(C)(C)C)cc23)C1=O. The monoisotopic (exact) mass is 916 g/mol. The molecular formula is C59H60N4O4Si. The van der Waals surface area contributed by atoms with Gasteiger partial charge < -0.3 is 18.6 Å². The van der Waals surface area contributed by atoms with Crippen LogP contribution in [0.4, 0.5) is 10.5 Å². The van der Waals surface area contributed by atoms with Crippen LogP contribution >= 0.6 is 0 Å². The number of imidazole rings is 1. The Bertz CT molecular complexity index is 2850. The highest BCUT2D eigenvalue weighted by Crippen LogP contribution is 2.42. The molecule has 8 nitrogen and oxygen atoms in total. The van der Waals surface area contributed by atoms with E-state index in [1.807, 2.05) is 74.5 Å². The Hall–Kier alpha value is -7.23. The van der Waals surface area contributed by atoms with Gasteiger partial charge in [0.1, 0.15) is 22.9 Å². The van der Waals surface area contributed by atoms with E-state index < -0.39 is 31.6 Å². The molecule has 0 spiro atoms. The van der Waals surface area contributed by atoms with Crippen molar-refractivity contribution in [3.05, 3.63) is 223 Å². The summed E-state index contributed by atoms with van der Waals surface area (Å²) in [5.74, 6) is 0.594. The van der Waals surface area contributed by atoms with E-state index in [1.165, 1.54) is 10.4 Å². The fourth-order valence-corrected chi connectivity index (χ4v) is 14.6. The number of rotatable bonds is 13. The summed E-state index contributed by atoms with van der Waals surface area (Å²) in [6, 6.07) is 64.2. The topological polar surface area (TPSA) is 76.9 Å². The number of fused-ring (bicyclic) bond motifs is 1. The standard InChI is InChI=1S/C59H60N4O4Si/c1-57(2,3)66-56(65)63(39-37-48-42-61(43-60-48)59(45-24-12-7-13-25-45,46-26-14-8-15-27-46)47-28-16-9-17-29-47)54-38-40-62(55(54)64)53-34-22-23-44-35-36-49(41-52(44)53)67-68(58(4,5)6,50-30-18-10-19-31-50)51-32-20-11-21-33-51/h7-36,41-43,54H,37-40H2,1-6H3/t54-/m0/s1. The van der Waals surface area contributed by atoms with Crippen molar-refractivity contribution in [3.8, 4) is 5.75 Å². The first-order valence-corrected chi connectivity index (χ1v) is 25.5. The van der Waals surface area contributed by atoms with Crippen LogP contribution in [-0.2, 0) is 21.5 Å². The van der Waals surface area contributed by atoms with Crippen LogP contribution in [-0.4, -0.2) is 59.5 Å². The van der Waals surface area contributed by atoms with Gasteiger partial charge in [-0.05, 0) is 82.9 Å². The molecule has 0 N–H and O–H groups in total. The lowest BCUT2D eigenvalue weighted by atomic mass is 9.77. The molecule has 1 aliphatic rings. The summed E-state index contributed by atoms with van der Waals surface area (Å²) in [5.41, 5.74) is 3.33. The molecule has 9 heteroatoms. The Kier molecular flexibility index (Phi) is 12.7. The first kappa shape index (κ1) is 45.9. The summed E-state index contributed by atoms with van der Waals surface area (Å²) in [6.45, 7) is 13.0. The Morgan fingerprint density at radius 2 is 1.21 bits per heavy atom. The number of benzene rings is 7. The van der Waals surface area contributed by atoms with Crippen LogP contribution in [0.3, 0.4) is 0 Å². The molecule has 68 heavy (non-hydrogen) atoms. The summed E-state index contributed by atoms with van der Waals surface area (Å²) in [7, 11) is -2.94. The van der Waals surface area contributed by atoms with Gasteiger partial charge in [0, 0.05) is 31.1 Å². The van der Waals surface area contributed by atoms with Crippen molar-refractivity contribution in [1.82, 2.24) is 14.5 Å². The molecule has 0 aliphatic carbocycles. The van der Waals surface area contributed by atoms with Crippen molar-refractivity contribution in [2.45, 2.75) is 76.6 Å². The van der Waals surface area contributed by atoms with Crippen LogP contribution in [0.2, 0.25) is 5.04 Å². The van der Waals surface area contributed by atoms with Crippen molar-refractivity contribution < 1.29 is 18.8 Å². The highest BCUT2D eigenvalue weighted by molar-refractivity contribution is 7.00. The number of nitrogens with zero attached hydrogens (tertiary/aromatic N) is 4. The van der Waals surface area contributed by atoms with Gasteiger partial charge in [0.25, 0.3) is 0 Å². The predicted molar refractivity (Wildman–Crippen MR) is 276 cm³/mol. The maximum Gasteiger partial charge on any atom is 0.410 e. The Labute approximate surface area is 402 Å². The minimum absolute atomic E-state index is 0.150. The third-order valence-electron chi connectivity index (χ3n) is 13.2. The second-order valence-electron chi connectivity index (χ2n) is 19.7. The van der Waals surface area contributed by atoms with Crippen LogP contribution in [0, 0.1) is 0 Å². The Morgan fingerprint density at radius 3 is 1.72 bits per heavy atom. The number of anilines is 1. The quantitative estimate of drug-likeness (QED) is 0.0851. The van der Waals surface area contributed by atoms with Gasteiger partial charge in [-0.2, -0.15) is 0 Å². The van der Waals surface area contributed by atoms with E-state index in [4.69, 9.17) is 14.1 Å². The van der Waals surface area contributed by atoms with Gasteiger partial charge >= 0.3 is 14.4 Å². The Morgan fingerprint density at radius 1 is 0.676 bits per heavy atom. The van der Waals surface area contributed by atoms with Gasteiger partial charge in [-0.15, -0.1) is 0 Å². The summed E-state index contributed by atoms with van der Waals surface area (Å²) in [5, 5.41) is 4.03. The van der Waals surface area contributed by atoms with Crippen molar-refractivity contribution in [2.24, 2.45) is 0 Å². The molecule has 7 aromatic carbocycles. The second kappa shape index (κ2) is 18.8. The molecule has 0 bridgehead atoms. The second-order valence-corrected chi connectivity index (χ2v) is 23.9. The molecule has 0 radical (unpaired) electrons. The summed E-state index contributed by atoms with van der Waals surface area (Å²) in [6.07, 6.45) is 4.28. The van der Waals surface area contributed by atoms with Crippen LogP contribution in [0.25, 0.3) is 10.8 Å². The van der Waals surface area contributed by atoms with Gasteiger partial charge in [-0.1, -0.05) is 191 Å². The van der Waals surface area contributed by atoms with Crippen molar-refractivity contribution in [3.63, 3.8) is 0 Å². The third-order valence-corrected chi connectivity index (χ3v) is 18.1. The number of ether oxygens (including phenoxy) is 1. The summed E-state index contributed by atoms with van der Waals surface area (Å²) in [4.78, 5) is 37.6. The van der Waals surface area contributed by atoms with Gasteiger partial charge in [0.15, 0.2) is 0 Å². The number of hydrogen-bond donors (Lipinski definition) is 0. The highest BCUT2D eigenvalue weighted by Gasteiger charge is 2.52. The third kappa shape index (κ3) is 8.74. The molecule has 1 fully saturated rings. The molecular weight excluding hydrogens is 857 g/mol. The largest absolute Gasteiger partial charge is 0.534 e. The first-order valence-electron chi connectivity index (χ1n) is 23.6. The number of amides is 2. The molecule has 1 aromatic heterocycles. The number of hydrogen-bond acceptors (Lipinski definition) is 5. The zero-order chi connectivity index (χ0) is 47.5. The zero-order valence-electron chi connectivity index (χ0n) is 39.9. The van der Waals surface area contributed by atoms with E-state index >= 15 is 0 Å². The molecule has 0 unspecified atom stereocenters. The van der Waals surface area contributed by atoms with E-state index in [2.05, 4.69) is 177 Å². The predicted octanol–water partition coefficient (Wildman–Crippen LogP) is 11.4. The van der Waals surface area contributed by atoms with E-state index in [9.17, 15) is 9.59 Å². The highest BCUT2D eigenvalue weighted by atomic mass is 28.4. The zero-order valence-corrected chi connectivity index (χ0v) is 40.9. The van der Waals surface area contributed by atoms with Gasteiger partial charge in [0.2, 0.25) is 5.91 Å². The van der Waals surface area contributed by atoms with Crippen LogP contribution in [0.5, 0.6) is 5.75 Å². The molecule has 1 aliphatic heterocycles. The van der Waals surface area contributed by atoms with Gasteiger partial charge in [-0.25, -0.2) is 9.78 Å². The van der Waals surface area contributed by atoms with Gasteiger partial charge in [0.05, 0.1) is 17.7 Å². The fraction of sp³-hybridized carbons (Fsp3) is 0.237. The molecule has 1 atom stereocenters. The number of aromatic nitrogens is 2. The van der Waals surface area contributed by atoms with Crippen molar-refractivity contribution in [2.75, 3.05) is 18.0 Å². The Balaban J connectivity index is 1.04. The molecule has 9 rings (SSSR count). The summed E-state index contributed by atoms with van der Waals surface area (Å²) < 4.78 is 15.7. The minimum Gasteiger partial charge on any atom is -0.534 e. The van der Waals surface area contributed by atoms with E-state index in [-0.39, 0.29) is 17.5 Å². The number of carbonyl (C=O) groups is 2. The molecule has 8 aromatic rings. The van der Waals surface area contributed by atoms with Crippen LogP contribution in [0.1, 0.15) is 70.3 Å². The van der Waals surface area contributed by atoms with E-state index in [0.717, 1.165) is 44.6 Å². The molecule has 1 saturated heterocycles. The lowest BCUT2D eigenvalue weighted by Gasteiger charge is -2.43. The van der Waals surface area contributed by atoms with Crippen molar-refractivity contribution >= 4 is 47.2 Å². The molecule has 344 valence electrons. The summed E-state index contributed by atoms with van der Waals surface area (Å²) >= 11 is 0. The average Bonchev–Trinajstić information content (AvgIpc) is 3.98. The number of carbonyl (C=O) groups excluding carboxylic acids is 2. The molecule has 2 amide bonds. The van der Waals surface area contributed by atoms with Gasteiger partial charge in [-0.3, -0.25) is 9.69 Å². The molecule has 2 heterocycles. The van der Waals surface area contributed by atoms with Crippen molar-refractivity contribution in [1.29, 1.82) is 0 Å². The lowest BCUT2D eigenvalue weighted by Crippen LogP contribution is -2.68. The first-order chi connectivity index (χ1) is 32.8. The van der Waals surface area contributed by atoms with Crippen LogP contribution in [0.15, 0.2) is 201 Å². The fourth-order valence-electron chi connectivity index (χ4n) is 10.1. The lowest BCUT2D eigenvalue weighted by molar-refractivity contribution is -0.121. The molecule has 0 saturated carbocycles. The van der Waals surface area contributed by atoms with Crippen LogP contribution < -0.4 is 19.7 Å². The average molecular weight is 917 g/mol. The van der Waals surface area contributed by atoms with E-state index in [0.29, 0.717) is 19.4 Å². The maximum atomic E-state index is 14.9. The normalized spacial score (nSPS) is 14.5. The maximum absolute atomic E-state index is 14.9.